The Bertz CT molecular complexity index is 1360. The summed E-state index contributed by atoms with van der Waals surface area (Å²) in [6.07, 6.45) is 0.645. The van der Waals surface area contributed by atoms with Gasteiger partial charge in [-0.05, 0) is 64.1 Å². The minimum atomic E-state index is -0.716. The smallest absolute Gasteiger partial charge is 0.119 e. The molecule has 1 aliphatic rings. The summed E-state index contributed by atoms with van der Waals surface area (Å²) in [5, 5.41) is 20.1. The van der Waals surface area contributed by atoms with Crippen LogP contribution in [0.15, 0.2) is 97.1 Å². The molecule has 0 amide bonds. The summed E-state index contributed by atoms with van der Waals surface area (Å²) in [5.74, 6) is 1.49. The van der Waals surface area contributed by atoms with Crippen LogP contribution in [-0.2, 0) is 10.2 Å². The third-order valence-electron chi connectivity index (χ3n) is 7.54. The van der Waals surface area contributed by atoms with Crippen molar-refractivity contribution in [3.8, 4) is 22.6 Å². The molecule has 0 aliphatic heterocycles. The molecule has 2 N–H and O–H groups in total. The number of ether oxygens (including phenoxy) is 3. The van der Waals surface area contributed by atoms with E-state index in [4.69, 9.17) is 25.8 Å². The first-order valence-corrected chi connectivity index (χ1v) is 14.8. The molecule has 214 valence electrons. The summed E-state index contributed by atoms with van der Waals surface area (Å²) in [4.78, 5) is 0. The number of alkyl halides is 1. The average Bonchev–Trinajstić information content (AvgIpc) is 3.32. The lowest BCUT2D eigenvalue weighted by atomic mass is 9.68. The Labute approximate surface area is 247 Å². The van der Waals surface area contributed by atoms with Crippen molar-refractivity contribution in [2.45, 2.75) is 37.4 Å². The SMILES string of the molecule is CCCCOC[C@@H](O)COc1ccc(C2(c3ccc(OC[C@H](O)CCl)cc3)c3ccccc3-c3ccccc32)cc1. The number of fused-ring (bicyclic) bond motifs is 3. The van der Waals surface area contributed by atoms with Gasteiger partial charge >= 0.3 is 0 Å². The van der Waals surface area contributed by atoms with E-state index in [1.165, 1.54) is 22.3 Å². The van der Waals surface area contributed by atoms with Crippen LogP contribution >= 0.6 is 11.6 Å². The van der Waals surface area contributed by atoms with E-state index in [-0.39, 0.29) is 25.7 Å². The van der Waals surface area contributed by atoms with Crippen molar-refractivity contribution in [3.05, 3.63) is 119 Å². The number of halogens is 1. The highest BCUT2D eigenvalue weighted by atomic mass is 35.5. The van der Waals surface area contributed by atoms with E-state index in [2.05, 4.69) is 79.7 Å². The Hall–Kier alpha value is -3.35. The fraction of sp³-hybridized carbons (Fsp3) is 0.314. The maximum Gasteiger partial charge on any atom is 0.119 e. The Balaban J connectivity index is 1.48. The molecule has 0 fully saturated rings. The molecule has 5 rings (SSSR count). The van der Waals surface area contributed by atoms with Crippen LogP contribution in [-0.4, -0.2) is 54.7 Å². The predicted molar refractivity (Wildman–Crippen MR) is 163 cm³/mol. The molecule has 5 nitrogen and oxygen atoms in total. The van der Waals surface area contributed by atoms with Crippen molar-refractivity contribution < 1.29 is 24.4 Å². The van der Waals surface area contributed by atoms with Crippen LogP contribution in [0.3, 0.4) is 0 Å². The summed E-state index contributed by atoms with van der Waals surface area (Å²) < 4.78 is 17.2. The van der Waals surface area contributed by atoms with Gasteiger partial charge in [-0.2, -0.15) is 0 Å². The lowest BCUT2D eigenvalue weighted by Gasteiger charge is -2.34. The topological polar surface area (TPSA) is 68.2 Å². The number of hydrogen-bond donors (Lipinski definition) is 2. The van der Waals surface area contributed by atoms with Crippen molar-refractivity contribution in [2.75, 3.05) is 32.3 Å². The maximum absolute atomic E-state index is 10.3. The first kappa shape index (κ1) is 29.2. The number of hydrogen-bond acceptors (Lipinski definition) is 5. The molecule has 0 aromatic heterocycles. The lowest BCUT2D eigenvalue weighted by Crippen LogP contribution is -2.28. The fourth-order valence-corrected chi connectivity index (χ4v) is 5.66. The maximum atomic E-state index is 10.3. The van der Waals surface area contributed by atoms with Crippen LogP contribution in [0, 0.1) is 0 Å². The summed E-state index contributed by atoms with van der Waals surface area (Å²) in [5.41, 5.74) is 6.50. The molecule has 0 spiro atoms. The molecule has 0 unspecified atom stereocenters. The van der Waals surface area contributed by atoms with Gasteiger partial charge in [-0.25, -0.2) is 0 Å². The van der Waals surface area contributed by atoms with Crippen molar-refractivity contribution >= 4 is 11.6 Å². The molecule has 4 aromatic rings. The summed E-state index contributed by atoms with van der Waals surface area (Å²) in [7, 11) is 0. The first-order chi connectivity index (χ1) is 20.1. The standard InChI is InChI=1S/C35H37ClO5/c1-2-3-20-39-22-28(38)24-41-30-18-14-26(15-19-30)35(25-12-16-29(17-13-25)40-23-27(37)21-36)33-10-6-4-8-31(33)32-9-5-7-11-34(32)35/h4-19,27-28,37-38H,2-3,20-24H2,1H3/t27-,28-/m1/s1. The Morgan fingerprint density at radius 2 is 1.15 bits per heavy atom. The molecule has 1 aliphatic carbocycles. The molecular formula is C35H37ClO5. The summed E-state index contributed by atoms with van der Waals surface area (Å²) >= 11 is 5.73. The second-order valence-corrected chi connectivity index (χ2v) is 10.7. The molecule has 0 heterocycles. The highest BCUT2D eigenvalue weighted by molar-refractivity contribution is 6.18. The highest BCUT2D eigenvalue weighted by Crippen LogP contribution is 2.56. The highest BCUT2D eigenvalue weighted by Gasteiger charge is 2.45. The number of aliphatic hydroxyl groups is 2. The molecule has 6 heteroatoms. The van der Waals surface area contributed by atoms with Gasteiger partial charge in [-0.15, -0.1) is 11.6 Å². The van der Waals surface area contributed by atoms with Gasteiger partial charge in [-0.1, -0.05) is 86.1 Å². The molecule has 0 bridgehead atoms. The third-order valence-corrected chi connectivity index (χ3v) is 7.90. The third kappa shape index (κ3) is 6.14. The van der Waals surface area contributed by atoms with E-state index >= 15 is 0 Å². The van der Waals surface area contributed by atoms with E-state index in [9.17, 15) is 10.2 Å². The molecule has 41 heavy (non-hydrogen) atoms. The van der Waals surface area contributed by atoms with E-state index in [1.54, 1.807) is 0 Å². The minimum absolute atomic E-state index is 0.125. The van der Waals surface area contributed by atoms with Crippen LogP contribution in [0.2, 0.25) is 0 Å². The number of aliphatic hydroxyl groups excluding tert-OH is 2. The number of unbranched alkanes of at least 4 members (excludes halogenated alkanes) is 1. The van der Waals surface area contributed by atoms with Gasteiger partial charge in [-0.3, -0.25) is 0 Å². The van der Waals surface area contributed by atoms with E-state index in [0.29, 0.717) is 18.1 Å². The first-order valence-electron chi connectivity index (χ1n) is 14.2. The van der Waals surface area contributed by atoms with Crippen molar-refractivity contribution in [1.29, 1.82) is 0 Å². The zero-order valence-corrected chi connectivity index (χ0v) is 24.1. The molecule has 2 atom stereocenters. The molecular weight excluding hydrogens is 536 g/mol. The Morgan fingerprint density at radius 3 is 1.63 bits per heavy atom. The number of benzene rings is 4. The summed E-state index contributed by atoms with van der Waals surface area (Å²) in [6.45, 7) is 3.33. The van der Waals surface area contributed by atoms with Gasteiger partial charge in [0, 0.05) is 6.61 Å². The zero-order valence-electron chi connectivity index (χ0n) is 23.3. The van der Waals surface area contributed by atoms with E-state index < -0.39 is 17.6 Å². The van der Waals surface area contributed by atoms with Crippen LogP contribution in [0.1, 0.15) is 42.0 Å². The summed E-state index contributed by atoms with van der Waals surface area (Å²) in [6, 6.07) is 33.4. The zero-order chi connectivity index (χ0) is 28.7. The quantitative estimate of drug-likeness (QED) is 0.116. The van der Waals surface area contributed by atoms with Crippen molar-refractivity contribution in [3.63, 3.8) is 0 Å². The van der Waals surface area contributed by atoms with Gasteiger partial charge in [0.15, 0.2) is 0 Å². The minimum Gasteiger partial charge on any atom is -0.491 e. The van der Waals surface area contributed by atoms with E-state index in [1.807, 2.05) is 24.3 Å². The van der Waals surface area contributed by atoms with Gasteiger partial charge in [0.25, 0.3) is 0 Å². The largest absolute Gasteiger partial charge is 0.491 e. The van der Waals surface area contributed by atoms with Gasteiger partial charge in [0.2, 0.25) is 0 Å². The van der Waals surface area contributed by atoms with Crippen LogP contribution in [0.5, 0.6) is 11.5 Å². The average molecular weight is 573 g/mol. The van der Waals surface area contributed by atoms with Gasteiger partial charge in [0.05, 0.1) is 17.9 Å². The normalized spacial score (nSPS) is 14.6. The van der Waals surface area contributed by atoms with Crippen LogP contribution < -0.4 is 9.47 Å². The monoisotopic (exact) mass is 572 g/mol. The second kappa shape index (κ2) is 13.5. The van der Waals surface area contributed by atoms with Crippen molar-refractivity contribution in [1.82, 2.24) is 0 Å². The molecule has 0 saturated heterocycles. The second-order valence-electron chi connectivity index (χ2n) is 10.4. The van der Waals surface area contributed by atoms with Crippen LogP contribution in [0.4, 0.5) is 0 Å². The van der Waals surface area contributed by atoms with E-state index in [0.717, 1.165) is 24.0 Å². The number of rotatable bonds is 14. The molecule has 4 aromatic carbocycles. The van der Waals surface area contributed by atoms with Gasteiger partial charge < -0.3 is 24.4 Å². The van der Waals surface area contributed by atoms with Crippen molar-refractivity contribution in [2.24, 2.45) is 0 Å². The fourth-order valence-electron chi connectivity index (χ4n) is 5.57. The molecule has 0 radical (unpaired) electrons. The van der Waals surface area contributed by atoms with Gasteiger partial charge in [0.1, 0.15) is 36.9 Å². The van der Waals surface area contributed by atoms with Crippen LogP contribution in [0.25, 0.3) is 11.1 Å². The molecule has 0 saturated carbocycles. The predicted octanol–water partition coefficient (Wildman–Crippen LogP) is 6.58. The lowest BCUT2D eigenvalue weighted by molar-refractivity contribution is 0.0113. The Kier molecular flexibility index (Phi) is 9.63. The Morgan fingerprint density at radius 1 is 0.659 bits per heavy atom.